The van der Waals surface area contributed by atoms with Crippen LogP contribution >= 0.6 is 0 Å². The number of benzene rings is 2. The van der Waals surface area contributed by atoms with Gasteiger partial charge in [-0.2, -0.15) is 0 Å². The number of aromatic nitrogens is 2. The van der Waals surface area contributed by atoms with E-state index in [9.17, 15) is 9.59 Å². The molecule has 0 aliphatic heterocycles. The first-order valence-electron chi connectivity index (χ1n) is 12.4. The SMILES string of the molecule is CCCCCN(C(=O)C1CC1)C(CC)c1nc2ccccc2c(=O)n1-c1ccc(C)c(C)c1. The molecule has 0 radical (unpaired) electrons. The van der Waals surface area contributed by atoms with E-state index in [0.29, 0.717) is 29.7 Å². The molecule has 5 nitrogen and oxygen atoms in total. The van der Waals surface area contributed by atoms with E-state index in [1.54, 1.807) is 4.57 Å². The number of unbranched alkanes of at least 4 members (excludes halogenated alkanes) is 2. The summed E-state index contributed by atoms with van der Waals surface area (Å²) >= 11 is 0. The Kier molecular flexibility index (Phi) is 6.96. The number of carbonyl (C=O) groups excluding carboxylic acids is 1. The molecule has 0 bridgehead atoms. The van der Waals surface area contributed by atoms with E-state index in [0.717, 1.165) is 43.4 Å². The number of fused-ring (bicyclic) bond motifs is 1. The second kappa shape index (κ2) is 9.90. The van der Waals surface area contributed by atoms with Crippen molar-refractivity contribution in [2.45, 2.75) is 72.3 Å². The van der Waals surface area contributed by atoms with Crippen LogP contribution in [0.3, 0.4) is 0 Å². The highest BCUT2D eigenvalue weighted by Gasteiger charge is 2.37. The van der Waals surface area contributed by atoms with E-state index in [-0.39, 0.29) is 23.4 Å². The monoisotopic (exact) mass is 445 g/mol. The summed E-state index contributed by atoms with van der Waals surface area (Å²) in [5, 5.41) is 0.598. The van der Waals surface area contributed by atoms with Crippen molar-refractivity contribution in [3.63, 3.8) is 0 Å². The first kappa shape index (κ1) is 23.2. The number of amides is 1. The number of nitrogens with zero attached hydrogens (tertiary/aromatic N) is 3. The Balaban J connectivity index is 1.91. The minimum Gasteiger partial charge on any atom is -0.332 e. The number of hydrogen-bond acceptors (Lipinski definition) is 3. The van der Waals surface area contributed by atoms with Gasteiger partial charge in [-0.3, -0.25) is 14.2 Å². The molecule has 1 aliphatic rings. The molecule has 1 amide bonds. The zero-order valence-corrected chi connectivity index (χ0v) is 20.3. The summed E-state index contributed by atoms with van der Waals surface area (Å²) in [5.41, 5.74) is 3.72. The third-order valence-electron chi connectivity index (χ3n) is 6.82. The van der Waals surface area contributed by atoms with Crippen LogP contribution < -0.4 is 5.56 Å². The Morgan fingerprint density at radius 2 is 1.85 bits per heavy atom. The van der Waals surface area contributed by atoms with Gasteiger partial charge in [-0.15, -0.1) is 0 Å². The molecule has 174 valence electrons. The summed E-state index contributed by atoms with van der Waals surface area (Å²) in [7, 11) is 0. The number of carbonyl (C=O) groups is 1. The lowest BCUT2D eigenvalue weighted by Crippen LogP contribution is -2.40. The van der Waals surface area contributed by atoms with Gasteiger partial charge in [0.1, 0.15) is 5.82 Å². The molecule has 1 fully saturated rings. The maximum atomic E-state index is 13.8. The summed E-state index contributed by atoms with van der Waals surface area (Å²) in [6.07, 6.45) is 5.79. The fourth-order valence-electron chi connectivity index (χ4n) is 4.55. The minimum absolute atomic E-state index is 0.0790. The fraction of sp³-hybridized carbons (Fsp3) is 0.464. The lowest BCUT2D eigenvalue weighted by atomic mass is 10.1. The minimum atomic E-state index is -0.242. The molecule has 1 heterocycles. The molecular formula is C28H35N3O2. The van der Waals surface area contributed by atoms with E-state index in [1.165, 1.54) is 5.56 Å². The normalized spacial score (nSPS) is 14.4. The predicted octanol–water partition coefficient (Wildman–Crippen LogP) is 5.88. The van der Waals surface area contributed by atoms with Gasteiger partial charge < -0.3 is 4.90 Å². The van der Waals surface area contributed by atoms with Crippen LogP contribution in [0, 0.1) is 19.8 Å². The zero-order valence-electron chi connectivity index (χ0n) is 20.3. The zero-order chi connectivity index (χ0) is 23.5. The molecule has 1 aromatic heterocycles. The van der Waals surface area contributed by atoms with Gasteiger partial charge in [-0.25, -0.2) is 4.98 Å². The average molecular weight is 446 g/mol. The van der Waals surface area contributed by atoms with E-state index in [4.69, 9.17) is 4.98 Å². The van der Waals surface area contributed by atoms with Crippen molar-refractivity contribution in [1.82, 2.24) is 14.5 Å². The Hall–Kier alpha value is -2.95. The fourth-order valence-corrected chi connectivity index (χ4v) is 4.55. The van der Waals surface area contributed by atoms with Crippen LogP contribution in [-0.2, 0) is 4.79 Å². The highest BCUT2D eigenvalue weighted by atomic mass is 16.2. The van der Waals surface area contributed by atoms with Gasteiger partial charge in [0.15, 0.2) is 0 Å². The summed E-state index contributed by atoms with van der Waals surface area (Å²) in [6.45, 7) is 9.09. The van der Waals surface area contributed by atoms with Crippen molar-refractivity contribution in [1.29, 1.82) is 0 Å². The second-order valence-electron chi connectivity index (χ2n) is 9.33. The van der Waals surface area contributed by atoms with Crippen LogP contribution in [0.15, 0.2) is 47.3 Å². The maximum absolute atomic E-state index is 13.8. The molecular weight excluding hydrogens is 410 g/mol. The lowest BCUT2D eigenvalue weighted by Gasteiger charge is -2.32. The molecule has 1 atom stereocenters. The number of para-hydroxylation sites is 1. The van der Waals surface area contributed by atoms with Crippen LogP contribution in [0.1, 0.15) is 75.4 Å². The topological polar surface area (TPSA) is 55.2 Å². The second-order valence-corrected chi connectivity index (χ2v) is 9.33. The molecule has 1 aliphatic carbocycles. The molecule has 0 saturated heterocycles. The third kappa shape index (κ3) is 4.73. The Bertz CT molecular complexity index is 1210. The molecule has 4 rings (SSSR count). The van der Waals surface area contributed by atoms with E-state index >= 15 is 0 Å². The number of hydrogen-bond donors (Lipinski definition) is 0. The van der Waals surface area contributed by atoms with Crippen molar-refractivity contribution in [3.8, 4) is 5.69 Å². The van der Waals surface area contributed by atoms with Gasteiger partial charge in [0.2, 0.25) is 5.91 Å². The lowest BCUT2D eigenvalue weighted by molar-refractivity contribution is -0.135. The molecule has 2 aromatic carbocycles. The van der Waals surface area contributed by atoms with Crippen LogP contribution in [0.25, 0.3) is 16.6 Å². The van der Waals surface area contributed by atoms with Crippen LogP contribution in [-0.4, -0.2) is 26.9 Å². The van der Waals surface area contributed by atoms with Crippen molar-refractivity contribution >= 4 is 16.8 Å². The first-order valence-corrected chi connectivity index (χ1v) is 12.4. The third-order valence-corrected chi connectivity index (χ3v) is 6.82. The summed E-state index contributed by atoms with van der Waals surface area (Å²) < 4.78 is 1.75. The Morgan fingerprint density at radius 1 is 1.09 bits per heavy atom. The quantitative estimate of drug-likeness (QED) is 0.386. The largest absolute Gasteiger partial charge is 0.332 e. The summed E-state index contributed by atoms with van der Waals surface area (Å²) in [6, 6.07) is 13.4. The smallest absolute Gasteiger partial charge is 0.266 e. The van der Waals surface area contributed by atoms with Crippen molar-refractivity contribution in [3.05, 3.63) is 69.8 Å². The average Bonchev–Trinajstić information content (AvgIpc) is 3.66. The molecule has 1 saturated carbocycles. The highest BCUT2D eigenvalue weighted by molar-refractivity contribution is 5.82. The van der Waals surface area contributed by atoms with Crippen molar-refractivity contribution in [2.75, 3.05) is 6.54 Å². The van der Waals surface area contributed by atoms with Crippen molar-refractivity contribution in [2.24, 2.45) is 5.92 Å². The van der Waals surface area contributed by atoms with Gasteiger partial charge in [0.25, 0.3) is 5.56 Å². The van der Waals surface area contributed by atoms with E-state index < -0.39 is 0 Å². The van der Waals surface area contributed by atoms with E-state index in [2.05, 4.69) is 27.7 Å². The standard InChI is InChI=1S/C28H35N3O2/c1-5-7-10-17-30(27(32)21-14-15-21)25(6-2)26-29-24-12-9-8-11-23(24)28(33)31(26)22-16-13-19(3)20(4)18-22/h8-9,11-13,16,18,21,25H,5-7,10,14-15,17H2,1-4H3. The molecule has 0 N–H and O–H groups in total. The predicted molar refractivity (Wildman–Crippen MR) is 134 cm³/mol. The molecule has 1 unspecified atom stereocenters. The highest BCUT2D eigenvalue weighted by Crippen LogP contribution is 2.35. The number of aryl methyl sites for hydroxylation is 2. The van der Waals surface area contributed by atoms with Gasteiger partial charge >= 0.3 is 0 Å². The molecule has 33 heavy (non-hydrogen) atoms. The van der Waals surface area contributed by atoms with Gasteiger partial charge in [0.05, 0.1) is 22.6 Å². The van der Waals surface area contributed by atoms with E-state index in [1.807, 2.05) is 47.4 Å². The molecule has 3 aromatic rings. The van der Waals surface area contributed by atoms with Crippen LogP contribution in [0.2, 0.25) is 0 Å². The summed E-state index contributed by atoms with van der Waals surface area (Å²) in [4.78, 5) is 34.2. The van der Waals surface area contributed by atoms with Crippen LogP contribution in [0.4, 0.5) is 0 Å². The van der Waals surface area contributed by atoms with Gasteiger partial charge in [0, 0.05) is 12.5 Å². The van der Waals surface area contributed by atoms with Crippen LogP contribution in [0.5, 0.6) is 0 Å². The Morgan fingerprint density at radius 3 is 2.52 bits per heavy atom. The number of rotatable bonds is 9. The Labute approximate surface area is 196 Å². The maximum Gasteiger partial charge on any atom is 0.266 e. The molecule has 0 spiro atoms. The van der Waals surface area contributed by atoms with Gasteiger partial charge in [-0.1, -0.05) is 44.9 Å². The van der Waals surface area contributed by atoms with Gasteiger partial charge in [-0.05, 0) is 74.9 Å². The molecule has 5 heteroatoms. The summed E-state index contributed by atoms with van der Waals surface area (Å²) in [5.74, 6) is 1.00. The first-order chi connectivity index (χ1) is 16.0. The van der Waals surface area contributed by atoms with Crippen molar-refractivity contribution < 1.29 is 4.79 Å².